The molecule has 0 aromatic heterocycles. The lowest BCUT2D eigenvalue weighted by Gasteiger charge is -2.06. The highest BCUT2D eigenvalue weighted by Crippen LogP contribution is 2.21. The van der Waals surface area contributed by atoms with Crippen LogP contribution in [0.15, 0.2) is 27.6 Å². The maximum Gasteiger partial charge on any atom is 0.175 e. The number of benzene rings is 1. The number of ketones is 1. The molecular weight excluding hydrogens is 280 g/mol. The predicted molar refractivity (Wildman–Crippen MR) is 61.6 cm³/mol. The van der Waals surface area contributed by atoms with Gasteiger partial charge in [-0.25, -0.2) is 8.42 Å². The van der Waals surface area contributed by atoms with E-state index in [1.165, 1.54) is 13.0 Å². The fourth-order valence-corrected chi connectivity index (χ4v) is 2.65. The van der Waals surface area contributed by atoms with Gasteiger partial charge in [0.25, 0.3) is 0 Å². The van der Waals surface area contributed by atoms with Crippen LogP contribution in [0.2, 0.25) is 0 Å². The van der Waals surface area contributed by atoms with E-state index in [4.69, 9.17) is 0 Å². The molecule has 0 radical (unpaired) electrons. The molecule has 1 aromatic carbocycles. The van der Waals surface area contributed by atoms with Crippen molar-refractivity contribution in [2.24, 2.45) is 0 Å². The lowest BCUT2D eigenvalue weighted by molar-refractivity contribution is -0.116. The van der Waals surface area contributed by atoms with Crippen molar-refractivity contribution in [3.63, 3.8) is 0 Å². The molecular formula is C10H11BrO3S. The summed E-state index contributed by atoms with van der Waals surface area (Å²) in [7, 11) is -3.27. The largest absolute Gasteiger partial charge is 0.300 e. The molecule has 0 N–H and O–H groups in total. The smallest absolute Gasteiger partial charge is 0.175 e. The molecule has 0 saturated carbocycles. The van der Waals surface area contributed by atoms with Gasteiger partial charge in [0, 0.05) is 17.1 Å². The molecule has 0 fully saturated rings. The first kappa shape index (κ1) is 12.4. The van der Waals surface area contributed by atoms with Crippen molar-refractivity contribution in [2.45, 2.75) is 18.2 Å². The Morgan fingerprint density at radius 1 is 1.40 bits per heavy atom. The van der Waals surface area contributed by atoms with Gasteiger partial charge in [-0.3, -0.25) is 4.79 Å². The van der Waals surface area contributed by atoms with Crippen LogP contribution in [-0.4, -0.2) is 20.5 Å². The SMILES string of the molecule is CC(=O)Cc1cc(Br)ccc1S(C)(=O)=O. The molecule has 82 valence electrons. The summed E-state index contributed by atoms with van der Waals surface area (Å²) in [5.41, 5.74) is 0.541. The van der Waals surface area contributed by atoms with Gasteiger partial charge in [-0.2, -0.15) is 0 Å². The molecule has 15 heavy (non-hydrogen) atoms. The number of sulfone groups is 1. The van der Waals surface area contributed by atoms with Gasteiger partial charge in [0.15, 0.2) is 9.84 Å². The fraction of sp³-hybridized carbons (Fsp3) is 0.300. The van der Waals surface area contributed by atoms with Gasteiger partial charge in [-0.05, 0) is 30.7 Å². The number of hydrogen-bond acceptors (Lipinski definition) is 3. The fourth-order valence-electron chi connectivity index (χ4n) is 1.32. The van der Waals surface area contributed by atoms with Crippen LogP contribution in [0.4, 0.5) is 0 Å². The topological polar surface area (TPSA) is 51.2 Å². The summed E-state index contributed by atoms with van der Waals surface area (Å²) in [5.74, 6) is -0.0574. The van der Waals surface area contributed by atoms with E-state index >= 15 is 0 Å². The Morgan fingerprint density at radius 2 is 2.00 bits per heavy atom. The number of carbonyl (C=O) groups is 1. The van der Waals surface area contributed by atoms with E-state index in [0.717, 1.165) is 10.7 Å². The number of carbonyl (C=O) groups excluding carboxylic acids is 1. The first-order valence-corrected chi connectivity index (χ1v) is 6.97. The Hall–Kier alpha value is -0.680. The highest BCUT2D eigenvalue weighted by Gasteiger charge is 2.14. The Bertz CT molecular complexity index is 491. The number of Topliss-reactive ketones (excluding diaryl/α,β-unsaturated/α-hetero) is 1. The summed E-state index contributed by atoms with van der Waals surface area (Å²) < 4.78 is 23.6. The van der Waals surface area contributed by atoms with Crippen LogP contribution < -0.4 is 0 Å². The minimum Gasteiger partial charge on any atom is -0.300 e. The van der Waals surface area contributed by atoms with Crippen LogP contribution in [0.25, 0.3) is 0 Å². The summed E-state index contributed by atoms with van der Waals surface area (Å²) >= 11 is 3.25. The van der Waals surface area contributed by atoms with E-state index in [-0.39, 0.29) is 17.1 Å². The van der Waals surface area contributed by atoms with Crippen molar-refractivity contribution in [3.05, 3.63) is 28.2 Å². The normalized spacial score (nSPS) is 11.4. The lowest BCUT2D eigenvalue weighted by atomic mass is 10.1. The molecule has 0 bridgehead atoms. The van der Waals surface area contributed by atoms with E-state index < -0.39 is 9.84 Å². The molecule has 0 aliphatic rings. The van der Waals surface area contributed by atoms with Gasteiger partial charge in [0.2, 0.25) is 0 Å². The summed E-state index contributed by atoms with van der Waals surface area (Å²) in [6.07, 6.45) is 1.28. The summed E-state index contributed by atoms with van der Waals surface area (Å²) in [5, 5.41) is 0. The monoisotopic (exact) mass is 290 g/mol. The Labute approximate surface area is 97.5 Å². The van der Waals surface area contributed by atoms with E-state index in [1.807, 2.05) is 0 Å². The van der Waals surface area contributed by atoms with Crippen LogP contribution in [-0.2, 0) is 21.1 Å². The van der Waals surface area contributed by atoms with E-state index in [9.17, 15) is 13.2 Å². The molecule has 0 aliphatic heterocycles. The molecule has 1 aromatic rings. The third-order valence-electron chi connectivity index (χ3n) is 1.86. The first-order valence-electron chi connectivity index (χ1n) is 4.28. The maximum absolute atomic E-state index is 11.4. The standard InChI is InChI=1S/C10H11BrO3S/c1-7(12)5-8-6-9(11)3-4-10(8)15(2,13)14/h3-4,6H,5H2,1-2H3. The van der Waals surface area contributed by atoms with Crippen molar-refractivity contribution in [3.8, 4) is 0 Å². The average Bonchev–Trinajstić information content (AvgIpc) is 1.99. The van der Waals surface area contributed by atoms with E-state index in [1.54, 1.807) is 12.1 Å². The second-order valence-electron chi connectivity index (χ2n) is 3.40. The molecule has 0 heterocycles. The molecule has 5 heteroatoms. The van der Waals surface area contributed by atoms with Gasteiger partial charge in [-0.15, -0.1) is 0 Å². The minimum absolute atomic E-state index is 0.0574. The van der Waals surface area contributed by atoms with Gasteiger partial charge >= 0.3 is 0 Å². The van der Waals surface area contributed by atoms with Crippen molar-refractivity contribution in [1.82, 2.24) is 0 Å². The molecule has 0 aliphatic carbocycles. The van der Waals surface area contributed by atoms with Crippen LogP contribution in [0.5, 0.6) is 0 Å². The quantitative estimate of drug-likeness (QED) is 0.855. The zero-order valence-electron chi connectivity index (χ0n) is 8.45. The van der Waals surface area contributed by atoms with Gasteiger partial charge in [0.1, 0.15) is 5.78 Å². The lowest BCUT2D eigenvalue weighted by Crippen LogP contribution is -2.06. The molecule has 0 spiro atoms. The van der Waals surface area contributed by atoms with Crippen molar-refractivity contribution in [1.29, 1.82) is 0 Å². The summed E-state index contributed by atoms with van der Waals surface area (Å²) in [4.78, 5) is 11.2. The Balaban J connectivity index is 3.33. The number of rotatable bonds is 3. The molecule has 0 saturated heterocycles. The third kappa shape index (κ3) is 3.43. The third-order valence-corrected chi connectivity index (χ3v) is 3.55. The van der Waals surface area contributed by atoms with Gasteiger partial charge in [0.05, 0.1) is 4.90 Å². The first-order chi connectivity index (χ1) is 6.80. The summed E-state index contributed by atoms with van der Waals surface area (Å²) in [6, 6.07) is 4.83. The second kappa shape index (κ2) is 4.45. The molecule has 1 rings (SSSR count). The zero-order chi connectivity index (χ0) is 11.6. The molecule has 0 amide bonds. The highest BCUT2D eigenvalue weighted by atomic mass is 79.9. The van der Waals surface area contributed by atoms with Crippen LogP contribution >= 0.6 is 15.9 Å². The van der Waals surface area contributed by atoms with Crippen molar-refractivity contribution < 1.29 is 13.2 Å². The van der Waals surface area contributed by atoms with Crippen molar-refractivity contribution >= 4 is 31.6 Å². The van der Waals surface area contributed by atoms with E-state index in [2.05, 4.69) is 15.9 Å². The second-order valence-corrected chi connectivity index (χ2v) is 6.30. The van der Waals surface area contributed by atoms with Crippen LogP contribution in [0.1, 0.15) is 12.5 Å². The highest BCUT2D eigenvalue weighted by molar-refractivity contribution is 9.10. The Morgan fingerprint density at radius 3 is 2.47 bits per heavy atom. The zero-order valence-corrected chi connectivity index (χ0v) is 10.9. The minimum atomic E-state index is -3.27. The van der Waals surface area contributed by atoms with Gasteiger partial charge < -0.3 is 0 Å². The van der Waals surface area contributed by atoms with Crippen molar-refractivity contribution in [2.75, 3.05) is 6.26 Å². The van der Waals surface area contributed by atoms with Crippen LogP contribution in [0, 0.1) is 0 Å². The number of hydrogen-bond donors (Lipinski definition) is 0. The van der Waals surface area contributed by atoms with E-state index in [0.29, 0.717) is 5.56 Å². The number of halogens is 1. The van der Waals surface area contributed by atoms with Gasteiger partial charge in [-0.1, -0.05) is 15.9 Å². The average molecular weight is 291 g/mol. The molecule has 0 unspecified atom stereocenters. The molecule has 3 nitrogen and oxygen atoms in total. The predicted octanol–water partition coefficient (Wildman–Crippen LogP) is 1.98. The Kier molecular flexibility index (Phi) is 3.67. The molecule has 0 atom stereocenters. The summed E-state index contributed by atoms with van der Waals surface area (Å²) in [6.45, 7) is 1.44. The maximum atomic E-state index is 11.4. The van der Waals surface area contributed by atoms with Crippen LogP contribution in [0.3, 0.4) is 0 Å².